The zero-order valence-corrected chi connectivity index (χ0v) is 19.5. The molecule has 0 spiro atoms. The van der Waals surface area contributed by atoms with Crippen LogP contribution in [0.5, 0.6) is 0 Å². The van der Waals surface area contributed by atoms with Gasteiger partial charge in [0.15, 0.2) is 5.69 Å². The van der Waals surface area contributed by atoms with Gasteiger partial charge >= 0.3 is 6.03 Å². The van der Waals surface area contributed by atoms with Gasteiger partial charge in [0.25, 0.3) is 17.4 Å². The lowest BCUT2D eigenvalue weighted by Crippen LogP contribution is -2.49. The molecule has 0 bridgehead atoms. The average molecular weight is 482 g/mol. The highest BCUT2D eigenvalue weighted by Crippen LogP contribution is 2.31. The molecule has 9 nitrogen and oxygen atoms in total. The molecule has 1 aliphatic rings. The molecule has 1 aromatic heterocycles. The van der Waals surface area contributed by atoms with Crippen LogP contribution in [0.25, 0.3) is 10.8 Å². The number of fused-ring (bicyclic) bond motifs is 1. The van der Waals surface area contributed by atoms with Crippen molar-refractivity contribution in [3.63, 3.8) is 0 Å². The number of rotatable bonds is 6. The minimum Gasteiger partial charge on any atom is -0.318 e. The molecule has 2 heterocycles. The van der Waals surface area contributed by atoms with Crippen molar-refractivity contribution in [3.05, 3.63) is 112 Å². The predicted octanol–water partition coefficient (Wildman–Crippen LogP) is 2.95. The Kier molecular flexibility index (Phi) is 5.81. The van der Waals surface area contributed by atoms with Crippen molar-refractivity contribution in [2.24, 2.45) is 0 Å². The van der Waals surface area contributed by atoms with E-state index in [-0.39, 0.29) is 24.2 Å². The Bertz CT molecular complexity index is 1530. The number of nitrogens with zero attached hydrogens (tertiary/aromatic N) is 3. The van der Waals surface area contributed by atoms with E-state index < -0.39 is 23.4 Å². The molecule has 3 aromatic carbocycles. The van der Waals surface area contributed by atoms with Gasteiger partial charge in [-0.1, -0.05) is 85.8 Å². The minimum absolute atomic E-state index is 0.0737. The van der Waals surface area contributed by atoms with Gasteiger partial charge in [0, 0.05) is 5.39 Å². The zero-order chi connectivity index (χ0) is 25.3. The van der Waals surface area contributed by atoms with E-state index in [1.165, 1.54) is 4.68 Å². The van der Waals surface area contributed by atoms with Crippen LogP contribution in [0.2, 0.25) is 0 Å². The standard InChI is InChI=1S/C27H23N5O4/c1-2-27(19-13-7-4-8-14-19)25(35)32(26(36)28-27)30-23(33)22-20-15-9-10-16-21(20)24(34)31(29-22)17-18-11-5-3-6-12-18/h3-16H,2,17H2,1H3,(H,28,36)(H,30,33)/t27-/m0/s1. The van der Waals surface area contributed by atoms with Gasteiger partial charge in [-0.25, -0.2) is 9.48 Å². The number of imide groups is 1. The van der Waals surface area contributed by atoms with Crippen LogP contribution in [0.15, 0.2) is 89.7 Å². The van der Waals surface area contributed by atoms with Crippen LogP contribution in [-0.4, -0.2) is 32.6 Å². The summed E-state index contributed by atoms with van der Waals surface area (Å²) in [5.41, 5.74) is 2.13. The fourth-order valence-corrected chi connectivity index (χ4v) is 4.46. The number of hydrogen-bond acceptors (Lipinski definition) is 5. The van der Waals surface area contributed by atoms with Crippen LogP contribution in [0, 0.1) is 0 Å². The normalized spacial score (nSPS) is 17.3. The third-order valence-corrected chi connectivity index (χ3v) is 6.36. The number of amides is 4. The molecule has 1 atom stereocenters. The first-order chi connectivity index (χ1) is 17.4. The number of aromatic nitrogens is 2. The number of carbonyl (C=O) groups is 3. The first kappa shape index (κ1) is 23.0. The number of nitrogens with one attached hydrogen (secondary N) is 2. The van der Waals surface area contributed by atoms with E-state index in [4.69, 9.17) is 0 Å². The molecule has 0 aliphatic carbocycles. The number of hydrazine groups is 1. The predicted molar refractivity (Wildman–Crippen MR) is 133 cm³/mol. The zero-order valence-electron chi connectivity index (χ0n) is 19.5. The topological polar surface area (TPSA) is 113 Å². The van der Waals surface area contributed by atoms with Crippen molar-refractivity contribution in [2.75, 3.05) is 0 Å². The Morgan fingerprint density at radius 1 is 0.889 bits per heavy atom. The van der Waals surface area contributed by atoms with Crippen LogP contribution >= 0.6 is 0 Å². The monoisotopic (exact) mass is 481 g/mol. The van der Waals surface area contributed by atoms with Gasteiger partial charge in [0.05, 0.1) is 11.9 Å². The highest BCUT2D eigenvalue weighted by Gasteiger charge is 2.52. The summed E-state index contributed by atoms with van der Waals surface area (Å²) in [5.74, 6) is -1.38. The SMILES string of the molecule is CC[C@@]1(c2ccccc2)NC(=O)N(NC(=O)c2nn(Cc3ccccc3)c(=O)c3ccccc23)C1=O. The Hall–Kier alpha value is -4.79. The maximum atomic E-state index is 13.4. The Morgan fingerprint density at radius 2 is 1.50 bits per heavy atom. The summed E-state index contributed by atoms with van der Waals surface area (Å²) in [6, 6.07) is 24.0. The maximum Gasteiger partial charge on any atom is 0.344 e. The molecule has 1 aliphatic heterocycles. The van der Waals surface area contributed by atoms with E-state index in [1.807, 2.05) is 36.4 Å². The Labute approximate surface area is 206 Å². The molecule has 2 N–H and O–H groups in total. The van der Waals surface area contributed by atoms with Crippen molar-refractivity contribution < 1.29 is 14.4 Å². The van der Waals surface area contributed by atoms with Crippen molar-refractivity contribution in [1.29, 1.82) is 0 Å². The van der Waals surface area contributed by atoms with Crippen molar-refractivity contribution >= 4 is 28.6 Å². The van der Waals surface area contributed by atoms with E-state index in [1.54, 1.807) is 55.5 Å². The molecule has 1 saturated heterocycles. The van der Waals surface area contributed by atoms with Gasteiger partial charge in [-0.05, 0) is 23.6 Å². The quantitative estimate of drug-likeness (QED) is 0.411. The van der Waals surface area contributed by atoms with E-state index in [0.29, 0.717) is 21.3 Å². The highest BCUT2D eigenvalue weighted by atomic mass is 16.2. The summed E-state index contributed by atoms with van der Waals surface area (Å²) in [6.45, 7) is 1.94. The molecule has 5 rings (SSSR count). The molecule has 4 aromatic rings. The second-order valence-electron chi connectivity index (χ2n) is 8.48. The van der Waals surface area contributed by atoms with Crippen molar-refractivity contribution in [3.8, 4) is 0 Å². The number of hydrogen-bond donors (Lipinski definition) is 2. The van der Waals surface area contributed by atoms with Gasteiger partial charge in [-0.15, -0.1) is 0 Å². The molecule has 180 valence electrons. The maximum absolute atomic E-state index is 13.4. The summed E-state index contributed by atoms with van der Waals surface area (Å²) in [5, 5.41) is 8.36. The number of benzene rings is 3. The van der Waals surface area contributed by atoms with Gasteiger partial charge in [0.1, 0.15) is 5.54 Å². The second kappa shape index (κ2) is 9.10. The Balaban J connectivity index is 1.51. The third-order valence-electron chi connectivity index (χ3n) is 6.36. The molecular weight excluding hydrogens is 458 g/mol. The highest BCUT2D eigenvalue weighted by molar-refractivity contribution is 6.11. The van der Waals surface area contributed by atoms with Crippen molar-refractivity contribution in [2.45, 2.75) is 25.4 Å². The first-order valence-corrected chi connectivity index (χ1v) is 11.5. The first-order valence-electron chi connectivity index (χ1n) is 11.5. The lowest BCUT2D eigenvalue weighted by molar-refractivity contribution is -0.133. The van der Waals surface area contributed by atoms with Crippen LogP contribution in [0.1, 0.15) is 35.0 Å². The van der Waals surface area contributed by atoms with E-state index in [9.17, 15) is 19.2 Å². The summed E-state index contributed by atoms with van der Waals surface area (Å²) in [6.07, 6.45) is 0.289. The van der Waals surface area contributed by atoms with Gasteiger partial charge < -0.3 is 5.32 Å². The molecule has 0 radical (unpaired) electrons. The summed E-state index contributed by atoms with van der Waals surface area (Å²) < 4.78 is 1.21. The van der Waals surface area contributed by atoms with E-state index in [2.05, 4.69) is 15.8 Å². The Morgan fingerprint density at radius 3 is 2.17 bits per heavy atom. The second-order valence-corrected chi connectivity index (χ2v) is 8.48. The largest absolute Gasteiger partial charge is 0.344 e. The summed E-state index contributed by atoms with van der Waals surface area (Å²) >= 11 is 0. The van der Waals surface area contributed by atoms with Gasteiger partial charge in [0.2, 0.25) is 0 Å². The molecule has 4 amide bonds. The van der Waals surface area contributed by atoms with E-state index >= 15 is 0 Å². The van der Waals surface area contributed by atoms with Crippen LogP contribution < -0.4 is 16.3 Å². The molecule has 9 heteroatoms. The average Bonchev–Trinajstić information content (AvgIpc) is 3.16. The lowest BCUT2D eigenvalue weighted by atomic mass is 9.87. The van der Waals surface area contributed by atoms with Crippen LogP contribution in [0.4, 0.5) is 4.79 Å². The fraction of sp³-hybridized carbons (Fsp3) is 0.148. The minimum atomic E-state index is -1.30. The van der Waals surface area contributed by atoms with Crippen LogP contribution in [0.3, 0.4) is 0 Å². The molecule has 36 heavy (non-hydrogen) atoms. The smallest absolute Gasteiger partial charge is 0.318 e. The molecule has 0 unspecified atom stereocenters. The molecule has 0 saturated carbocycles. The number of carbonyl (C=O) groups excluding carboxylic acids is 3. The number of urea groups is 1. The molecular formula is C27H23N5O4. The summed E-state index contributed by atoms with van der Waals surface area (Å²) in [4.78, 5) is 52.7. The third kappa shape index (κ3) is 3.80. The molecule has 1 fully saturated rings. The van der Waals surface area contributed by atoms with Crippen molar-refractivity contribution in [1.82, 2.24) is 25.5 Å². The summed E-state index contributed by atoms with van der Waals surface area (Å²) in [7, 11) is 0. The van der Waals surface area contributed by atoms with Gasteiger partial charge in [-0.3, -0.25) is 19.8 Å². The van der Waals surface area contributed by atoms with E-state index in [0.717, 1.165) is 5.56 Å². The fourth-order valence-electron chi connectivity index (χ4n) is 4.46. The van der Waals surface area contributed by atoms with Gasteiger partial charge in [-0.2, -0.15) is 10.1 Å². The van der Waals surface area contributed by atoms with Crippen LogP contribution in [-0.2, 0) is 16.9 Å². The lowest BCUT2D eigenvalue weighted by Gasteiger charge is -2.25.